The highest BCUT2D eigenvalue weighted by atomic mass is 35.5. The van der Waals surface area contributed by atoms with Crippen molar-refractivity contribution in [2.24, 2.45) is 0 Å². The number of rotatable bonds is 2. The van der Waals surface area contributed by atoms with Gasteiger partial charge in [-0.05, 0) is 36.2 Å². The van der Waals surface area contributed by atoms with Crippen LogP contribution in [-0.4, -0.2) is 7.11 Å². The Morgan fingerprint density at radius 1 is 1.06 bits per heavy atom. The Morgan fingerprint density at radius 3 is 2.29 bits per heavy atom. The van der Waals surface area contributed by atoms with Crippen LogP contribution in [0.4, 0.5) is 5.69 Å². The second-order valence-corrected chi connectivity index (χ2v) is 4.25. The summed E-state index contributed by atoms with van der Waals surface area (Å²) >= 11 is 6.30. The molecule has 2 aromatic carbocycles. The maximum absolute atomic E-state index is 6.30. The summed E-state index contributed by atoms with van der Waals surface area (Å²) in [6.07, 6.45) is 0. The third-order valence-electron chi connectivity index (χ3n) is 2.83. The predicted molar refractivity (Wildman–Crippen MR) is 72.6 cm³/mol. The van der Waals surface area contributed by atoms with Crippen LogP contribution in [0.25, 0.3) is 11.1 Å². The van der Waals surface area contributed by atoms with Crippen LogP contribution in [0.1, 0.15) is 5.56 Å². The Kier molecular flexibility index (Phi) is 3.25. The van der Waals surface area contributed by atoms with E-state index in [0.717, 1.165) is 22.4 Å². The lowest BCUT2D eigenvalue weighted by Gasteiger charge is -2.10. The second-order valence-electron chi connectivity index (χ2n) is 3.87. The molecule has 0 atom stereocenters. The molecule has 2 rings (SSSR count). The van der Waals surface area contributed by atoms with Gasteiger partial charge < -0.3 is 10.5 Å². The largest absolute Gasteiger partial charge is 0.497 e. The molecule has 0 heterocycles. The summed E-state index contributed by atoms with van der Waals surface area (Å²) in [5, 5.41) is 0.704. The van der Waals surface area contributed by atoms with Gasteiger partial charge in [0.1, 0.15) is 5.75 Å². The van der Waals surface area contributed by atoms with E-state index in [1.54, 1.807) is 7.11 Å². The molecular weight excluding hydrogens is 234 g/mol. The molecule has 0 fully saturated rings. The monoisotopic (exact) mass is 247 g/mol. The van der Waals surface area contributed by atoms with Gasteiger partial charge in [-0.2, -0.15) is 0 Å². The van der Waals surface area contributed by atoms with Crippen LogP contribution < -0.4 is 10.5 Å². The number of hydrogen-bond acceptors (Lipinski definition) is 2. The number of nitrogen functional groups attached to an aromatic ring is 1. The van der Waals surface area contributed by atoms with Gasteiger partial charge in [0.15, 0.2) is 0 Å². The van der Waals surface area contributed by atoms with Gasteiger partial charge in [-0.15, -0.1) is 0 Å². The molecule has 3 heteroatoms. The SMILES string of the molecule is COc1ccc(-c2ccc(N)c(C)c2Cl)cc1. The van der Waals surface area contributed by atoms with E-state index in [-0.39, 0.29) is 0 Å². The third-order valence-corrected chi connectivity index (χ3v) is 3.32. The lowest BCUT2D eigenvalue weighted by molar-refractivity contribution is 0.415. The van der Waals surface area contributed by atoms with Gasteiger partial charge >= 0.3 is 0 Å². The van der Waals surface area contributed by atoms with E-state index >= 15 is 0 Å². The van der Waals surface area contributed by atoms with Crippen molar-refractivity contribution in [3.05, 3.63) is 47.0 Å². The molecule has 88 valence electrons. The molecule has 0 aromatic heterocycles. The first kappa shape index (κ1) is 11.8. The van der Waals surface area contributed by atoms with Crippen molar-refractivity contribution >= 4 is 17.3 Å². The molecule has 0 spiro atoms. The Morgan fingerprint density at radius 2 is 1.71 bits per heavy atom. The van der Waals surface area contributed by atoms with E-state index in [4.69, 9.17) is 22.1 Å². The summed E-state index contributed by atoms with van der Waals surface area (Å²) in [5.41, 5.74) is 9.48. The average Bonchev–Trinajstić information content (AvgIpc) is 2.36. The van der Waals surface area contributed by atoms with Crippen molar-refractivity contribution in [2.75, 3.05) is 12.8 Å². The van der Waals surface area contributed by atoms with Gasteiger partial charge in [-0.1, -0.05) is 29.8 Å². The van der Waals surface area contributed by atoms with Crippen LogP contribution >= 0.6 is 11.6 Å². The first-order valence-corrected chi connectivity index (χ1v) is 5.70. The quantitative estimate of drug-likeness (QED) is 0.817. The minimum absolute atomic E-state index is 0.704. The number of methoxy groups -OCH3 is 1. The second kappa shape index (κ2) is 4.68. The normalized spacial score (nSPS) is 10.3. The van der Waals surface area contributed by atoms with Crippen molar-refractivity contribution in [3.8, 4) is 16.9 Å². The molecule has 0 radical (unpaired) electrons. The third kappa shape index (κ3) is 2.22. The molecule has 0 unspecified atom stereocenters. The topological polar surface area (TPSA) is 35.2 Å². The number of ether oxygens (including phenoxy) is 1. The van der Waals surface area contributed by atoms with Gasteiger partial charge in [0, 0.05) is 11.3 Å². The van der Waals surface area contributed by atoms with E-state index < -0.39 is 0 Å². The first-order chi connectivity index (χ1) is 8.13. The van der Waals surface area contributed by atoms with Crippen LogP contribution in [0.15, 0.2) is 36.4 Å². The zero-order valence-electron chi connectivity index (χ0n) is 9.83. The van der Waals surface area contributed by atoms with E-state index in [9.17, 15) is 0 Å². The lowest BCUT2D eigenvalue weighted by atomic mass is 10.0. The zero-order chi connectivity index (χ0) is 12.4. The van der Waals surface area contributed by atoms with Gasteiger partial charge in [-0.3, -0.25) is 0 Å². The molecule has 0 saturated carbocycles. The molecule has 0 aliphatic carbocycles. The number of nitrogens with two attached hydrogens (primary N) is 1. The van der Waals surface area contributed by atoms with Crippen LogP contribution in [0.2, 0.25) is 5.02 Å². The van der Waals surface area contributed by atoms with Crippen LogP contribution in [0.5, 0.6) is 5.75 Å². The Labute approximate surface area is 106 Å². The first-order valence-electron chi connectivity index (χ1n) is 5.32. The summed E-state index contributed by atoms with van der Waals surface area (Å²) < 4.78 is 5.13. The molecular formula is C14H14ClNO. The summed E-state index contributed by atoms with van der Waals surface area (Å²) in [6, 6.07) is 11.6. The van der Waals surface area contributed by atoms with Gasteiger partial charge in [0.05, 0.1) is 12.1 Å². The average molecular weight is 248 g/mol. The van der Waals surface area contributed by atoms with Gasteiger partial charge in [0.2, 0.25) is 0 Å². The Balaban J connectivity index is 2.49. The lowest BCUT2D eigenvalue weighted by Crippen LogP contribution is -1.92. The molecule has 17 heavy (non-hydrogen) atoms. The van der Waals surface area contributed by atoms with E-state index in [1.165, 1.54) is 0 Å². The maximum atomic E-state index is 6.30. The van der Waals surface area contributed by atoms with Crippen molar-refractivity contribution in [3.63, 3.8) is 0 Å². The molecule has 0 aliphatic heterocycles. The Hall–Kier alpha value is -1.67. The fraction of sp³-hybridized carbons (Fsp3) is 0.143. The number of halogens is 1. The summed E-state index contributed by atoms with van der Waals surface area (Å²) in [4.78, 5) is 0. The highest BCUT2D eigenvalue weighted by Crippen LogP contribution is 2.33. The van der Waals surface area contributed by atoms with Crippen molar-refractivity contribution < 1.29 is 4.74 Å². The number of benzene rings is 2. The number of hydrogen-bond donors (Lipinski definition) is 1. The smallest absolute Gasteiger partial charge is 0.118 e. The van der Waals surface area contributed by atoms with E-state index in [2.05, 4.69) is 0 Å². The summed E-state index contributed by atoms with van der Waals surface area (Å²) in [7, 11) is 1.65. The van der Waals surface area contributed by atoms with Gasteiger partial charge in [0.25, 0.3) is 0 Å². The minimum atomic E-state index is 0.704. The number of anilines is 1. The highest BCUT2D eigenvalue weighted by Gasteiger charge is 2.08. The standard InChI is InChI=1S/C14H14ClNO/c1-9-13(16)8-7-12(14(9)15)10-3-5-11(17-2)6-4-10/h3-8H,16H2,1-2H3. The highest BCUT2D eigenvalue weighted by molar-refractivity contribution is 6.34. The van der Waals surface area contributed by atoms with Crippen LogP contribution in [0, 0.1) is 6.92 Å². The van der Waals surface area contributed by atoms with Crippen molar-refractivity contribution in [2.45, 2.75) is 6.92 Å². The van der Waals surface area contributed by atoms with Crippen LogP contribution in [-0.2, 0) is 0 Å². The minimum Gasteiger partial charge on any atom is -0.497 e. The molecule has 0 bridgehead atoms. The van der Waals surface area contributed by atoms with Crippen molar-refractivity contribution in [1.29, 1.82) is 0 Å². The fourth-order valence-corrected chi connectivity index (χ4v) is 1.97. The Bertz CT molecular complexity index is 535. The summed E-state index contributed by atoms with van der Waals surface area (Å²) in [5.74, 6) is 0.831. The molecule has 2 nitrogen and oxygen atoms in total. The van der Waals surface area contributed by atoms with E-state index in [1.807, 2.05) is 43.3 Å². The van der Waals surface area contributed by atoms with Crippen molar-refractivity contribution in [1.82, 2.24) is 0 Å². The maximum Gasteiger partial charge on any atom is 0.118 e. The molecule has 2 aromatic rings. The molecule has 0 saturated heterocycles. The van der Waals surface area contributed by atoms with Crippen LogP contribution in [0.3, 0.4) is 0 Å². The van der Waals surface area contributed by atoms with Gasteiger partial charge in [-0.25, -0.2) is 0 Å². The van der Waals surface area contributed by atoms with E-state index in [0.29, 0.717) is 10.7 Å². The predicted octanol–water partition coefficient (Wildman–Crippen LogP) is 3.91. The molecule has 0 amide bonds. The summed E-state index contributed by atoms with van der Waals surface area (Å²) in [6.45, 7) is 1.92. The fourth-order valence-electron chi connectivity index (χ4n) is 1.69. The zero-order valence-corrected chi connectivity index (χ0v) is 10.6. The molecule has 0 aliphatic rings. The molecule has 2 N–H and O–H groups in total.